The summed E-state index contributed by atoms with van der Waals surface area (Å²) in [7, 11) is 0. The third-order valence-corrected chi connectivity index (χ3v) is 5.17. The first-order chi connectivity index (χ1) is 9.68. The Balaban J connectivity index is 1.74. The summed E-state index contributed by atoms with van der Waals surface area (Å²) in [6.45, 7) is 1.22. The Kier molecular flexibility index (Phi) is 3.96. The lowest BCUT2D eigenvalue weighted by molar-refractivity contribution is -0.158. The lowest BCUT2D eigenvalue weighted by atomic mass is 9.78. The van der Waals surface area contributed by atoms with E-state index in [1.54, 1.807) is 0 Å². The molecule has 0 aromatic rings. The predicted molar refractivity (Wildman–Crippen MR) is 72.2 cm³/mol. The zero-order valence-electron chi connectivity index (χ0n) is 11.8. The normalized spacial score (nSPS) is 37.5. The minimum atomic E-state index is -0.806. The fourth-order valence-electron chi connectivity index (χ4n) is 4.13. The standard InChI is InChI=1S/C15H23NO4/c17-14(10-4-1-2-5-11(10)15(18)19)16-8-9-20-13-7-3-6-12(13)16/h10-13H,1-9H2,(H,18,19)/t10-,11+,12?,13?/m1/s1. The van der Waals surface area contributed by atoms with Crippen molar-refractivity contribution in [3.63, 3.8) is 0 Å². The molecule has 2 unspecified atom stereocenters. The number of carbonyl (C=O) groups excluding carboxylic acids is 1. The van der Waals surface area contributed by atoms with Gasteiger partial charge >= 0.3 is 5.97 Å². The van der Waals surface area contributed by atoms with Crippen LogP contribution in [0.5, 0.6) is 0 Å². The van der Waals surface area contributed by atoms with Gasteiger partial charge in [0.15, 0.2) is 0 Å². The van der Waals surface area contributed by atoms with Crippen molar-refractivity contribution in [3.05, 3.63) is 0 Å². The molecule has 1 heterocycles. The van der Waals surface area contributed by atoms with Gasteiger partial charge in [-0.05, 0) is 32.1 Å². The van der Waals surface area contributed by atoms with E-state index >= 15 is 0 Å². The highest BCUT2D eigenvalue weighted by atomic mass is 16.5. The highest BCUT2D eigenvalue weighted by molar-refractivity contribution is 5.85. The van der Waals surface area contributed by atoms with E-state index in [-0.39, 0.29) is 24.0 Å². The average Bonchev–Trinajstić information content (AvgIpc) is 2.94. The number of morpholine rings is 1. The van der Waals surface area contributed by atoms with Gasteiger partial charge in [0.1, 0.15) is 0 Å². The molecule has 2 aliphatic carbocycles. The Morgan fingerprint density at radius 1 is 1.00 bits per heavy atom. The number of carboxylic acid groups (broad SMARTS) is 1. The van der Waals surface area contributed by atoms with E-state index in [2.05, 4.69) is 0 Å². The van der Waals surface area contributed by atoms with Crippen LogP contribution in [0.4, 0.5) is 0 Å². The number of carboxylic acids is 1. The number of aliphatic carboxylic acids is 1. The van der Waals surface area contributed by atoms with Gasteiger partial charge in [0.05, 0.1) is 30.6 Å². The summed E-state index contributed by atoms with van der Waals surface area (Å²) in [5.74, 6) is -1.55. The maximum absolute atomic E-state index is 12.8. The predicted octanol–water partition coefficient (Wildman–Crippen LogP) is 1.66. The van der Waals surface area contributed by atoms with Crippen LogP contribution in [0.2, 0.25) is 0 Å². The zero-order valence-corrected chi connectivity index (χ0v) is 11.8. The van der Waals surface area contributed by atoms with E-state index in [1.807, 2.05) is 4.90 Å². The van der Waals surface area contributed by atoms with Crippen molar-refractivity contribution in [1.29, 1.82) is 0 Å². The average molecular weight is 281 g/mol. The van der Waals surface area contributed by atoms with Gasteiger partial charge in [0.2, 0.25) is 5.91 Å². The number of nitrogens with zero attached hydrogens (tertiary/aromatic N) is 1. The summed E-state index contributed by atoms with van der Waals surface area (Å²) >= 11 is 0. The Bertz CT molecular complexity index is 397. The molecule has 5 nitrogen and oxygen atoms in total. The van der Waals surface area contributed by atoms with Crippen LogP contribution in [-0.2, 0) is 14.3 Å². The zero-order chi connectivity index (χ0) is 14.1. The molecule has 5 heteroatoms. The fraction of sp³-hybridized carbons (Fsp3) is 0.867. The van der Waals surface area contributed by atoms with Crippen LogP contribution in [0.25, 0.3) is 0 Å². The summed E-state index contributed by atoms with van der Waals surface area (Å²) in [4.78, 5) is 26.1. The third kappa shape index (κ3) is 2.43. The summed E-state index contributed by atoms with van der Waals surface area (Å²) in [6, 6.07) is 0.188. The number of hydrogen-bond donors (Lipinski definition) is 1. The van der Waals surface area contributed by atoms with E-state index in [0.29, 0.717) is 19.6 Å². The number of fused-ring (bicyclic) bond motifs is 1. The molecule has 0 aromatic heterocycles. The Morgan fingerprint density at radius 2 is 1.75 bits per heavy atom. The minimum Gasteiger partial charge on any atom is -0.481 e. The lowest BCUT2D eigenvalue weighted by Crippen LogP contribution is -2.54. The molecule has 3 rings (SSSR count). The highest BCUT2D eigenvalue weighted by Crippen LogP contribution is 2.35. The Labute approximate surface area is 119 Å². The van der Waals surface area contributed by atoms with Crippen LogP contribution in [0, 0.1) is 11.8 Å². The van der Waals surface area contributed by atoms with Gasteiger partial charge in [-0.15, -0.1) is 0 Å². The first-order valence-corrected chi connectivity index (χ1v) is 7.83. The molecule has 1 aliphatic heterocycles. The monoisotopic (exact) mass is 281 g/mol. The molecule has 1 N–H and O–H groups in total. The first-order valence-electron chi connectivity index (χ1n) is 7.83. The van der Waals surface area contributed by atoms with Crippen molar-refractivity contribution >= 4 is 11.9 Å². The number of hydrogen-bond acceptors (Lipinski definition) is 3. The van der Waals surface area contributed by atoms with E-state index < -0.39 is 11.9 Å². The summed E-state index contributed by atoms with van der Waals surface area (Å²) in [5.41, 5.74) is 0. The number of amides is 1. The summed E-state index contributed by atoms with van der Waals surface area (Å²) < 4.78 is 5.73. The molecule has 0 radical (unpaired) electrons. The molecule has 0 bridgehead atoms. The molecule has 1 amide bonds. The van der Waals surface area contributed by atoms with Gasteiger partial charge in [-0.3, -0.25) is 9.59 Å². The van der Waals surface area contributed by atoms with Crippen LogP contribution in [0.3, 0.4) is 0 Å². The summed E-state index contributed by atoms with van der Waals surface area (Å²) in [6.07, 6.45) is 6.58. The van der Waals surface area contributed by atoms with Crippen molar-refractivity contribution in [1.82, 2.24) is 4.90 Å². The van der Waals surface area contributed by atoms with E-state index in [9.17, 15) is 14.7 Å². The van der Waals surface area contributed by atoms with E-state index in [0.717, 1.165) is 38.5 Å². The van der Waals surface area contributed by atoms with Crippen LogP contribution >= 0.6 is 0 Å². The molecule has 0 aromatic carbocycles. The van der Waals surface area contributed by atoms with Gasteiger partial charge in [-0.2, -0.15) is 0 Å². The molecular formula is C15H23NO4. The van der Waals surface area contributed by atoms with Crippen molar-refractivity contribution < 1.29 is 19.4 Å². The molecule has 112 valence electrons. The molecule has 1 saturated heterocycles. The number of carbonyl (C=O) groups is 2. The second kappa shape index (κ2) is 5.72. The van der Waals surface area contributed by atoms with Crippen LogP contribution in [0.1, 0.15) is 44.9 Å². The molecular weight excluding hydrogens is 258 g/mol. The van der Waals surface area contributed by atoms with Crippen molar-refractivity contribution in [2.75, 3.05) is 13.2 Å². The SMILES string of the molecule is O=C(O)[C@H]1CCCC[C@H]1C(=O)N1CCOC2CCCC21. The van der Waals surface area contributed by atoms with Gasteiger partial charge in [-0.1, -0.05) is 12.8 Å². The maximum Gasteiger partial charge on any atom is 0.307 e. The largest absolute Gasteiger partial charge is 0.481 e. The molecule has 3 fully saturated rings. The summed E-state index contributed by atoms with van der Waals surface area (Å²) in [5, 5.41) is 9.35. The lowest BCUT2D eigenvalue weighted by Gasteiger charge is -2.41. The van der Waals surface area contributed by atoms with Gasteiger partial charge in [-0.25, -0.2) is 0 Å². The van der Waals surface area contributed by atoms with E-state index in [4.69, 9.17) is 4.74 Å². The quantitative estimate of drug-likeness (QED) is 0.836. The van der Waals surface area contributed by atoms with Crippen molar-refractivity contribution in [3.8, 4) is 0 Å². The van der Waals surface area contributed by atoms with Crippen LogP contribution < -0.4 is 0 Å². The molecule has 0 spiro atoms. The Morgan fingerprint density at radius 3 is 2.50 bits per heavy atom. The second-order valence-corrected chi connectivity index (χ2v) is 6.27. The maximum atomic E-state index is 12.8. The van der Waals surface area contributed by atoms with Gasteiger partial charge in [0.25, 0.3) is 0 Å². The number of rotatable bonds is 2. The van der Waals surface area contributed by atoms with Gasteiger partial charge in [0, 0.05) is 6.54 Å². The number of ether oxygens (including phenoxy) is 1. The van der Waals surface area contributed by atoms with Crippen molar-refractivity contribution in [2.24, 2.45) is 11.8 Å². The van der Waals surface area contributed by atoms with Crippen molar-refractivity contribution in [2.45, 2.75) is 57.1 Å². The fourth-order valence-corrected chi connectivity index (χ4v) is 4.13. The van der Waals surface area contributed by atoms with Crippen LogP contribution in [-0.4, -0.2) is 47.2 Å². The topological polar surface area (TPSA) is 66.8 Å². The minimum absolute atomic E-state index is 0.0669. The first kappa shape index (κ1) is 13.9. The molecule has 2 saturated carbocycles. The Hall–Kier alpha value is -1.10. The molecule has 3 aliphatic rings. The highest BCUT2D eigenvalue weighted by Gasteiger charge is 2.43. The van der Waals surface area contributed by atoms with E-state index in [1.165, 1.54) is 0 Å². The van der Waals surface area contributed by atoms with Gasteiger partial charge < -0.3 is 14.7 Å². The third-order valence-electron chi connectivity index (χ3n) is 5.17. The molecule has 20 heavy (non-hydrogen) atoms. The second-order valence-electron chi connectivity index (χ2n) is 6.27. The van der Waals surface area contributed by atoms with Crippen LogP contribution in [0.15, 0.2) is 0 Å². The molecule has 4 atom stereocenters. The smallest absolute Gasteiger partial charge is 0.307 e.